The Balaban J connectivity index is -0.000000420. The number of allylic oxidation sites excluding steroid dienone is 13. The Kier molecular flexibility index (Phi) is 25.5. The van der Waals surface area contributed by atoms with Crippen LogP contribution in [0, 0.1) is 5.41 Å². The third-order valence-corrected chi connectivity index (χ3v) is 3.96. The van der Waals surface area contributed by atoms with E-state index in [4.69, 9.17) is 9.47 Å². The quantitative estimate of drug-likeness (QED) is 0.186. The van der Waals surface area contributed by atoms with Gasteiger partial charge in [0.2, 0.25) is 0 Å². The molecular formula is C31H50O2. The van der Waals surface area contributed by atoms with E-state index < -0.39 is 0 Å². The standard InChI is InChI=1S/C14H18.C9H12O2.C6H14.C2H6/c1-5-9-13(10-6-2)14(11-7-3)12-8-4;1-3-4-5-8(2)10-6-9-7-11-9;1-5-6(2,3)4;1-2/h5-12H,1,3H2,2,4H3;3-5,9H,1-2,6-7H2;5H2,1-4H3;1-2H3/b10-6-,12-8-,13-9+,14-11+;5-4-;;. The fourth-order valence-corrected chi connectivity index (χ4v) is 1.70. The molecule has 0 aromatic rings. The lowest BCUT2D eigenvalue weighted by atomic mass is 9.94. The van der Waals surface area contributed by atoms with Crippen LogP contribution in [0.25, 0.3) is 0 Å². The van der Waals surface area contributed by atoms with Crippen molar-refractivity contribution in [3.8, 4) is 0 Å². The van der Waals surface area contributed by atoms with E-state index in [1.165, 1.54) is 6.42 Å². The van der Waals surface area contributed by atoms with Crippen molar-refractivity contribution in [2.45, 2.75) is 67.9 Å². The first-order valence-corrected chi connectivity index (χ1v) is 11.8. The highest BCUT2D eigenvalue weighted by Crippen LogP contribution is 2.16. The van der Waals surface area contributed by atoms with E-state index in [2.05, 4.69) is 66.2 Å². The van der Waals surface area contributed by atoms with Gasteiger partial charge in [0, 0.05) is 0 Å². The summed E-state index contributed by atoms with van der Waals surface area (Å²) in [6.45, 7) is 33.0. The maximum Gasteiger partial charge on any atom is 0.117 e. The fourth-order valence-electron chi connectivity index (χ4n) is 1.70. The molecule has 1 atom stereocenters. The zero-order valence-electron chi connectivity index (χ0n) is 22.7. The van der Waals surface area contributed by atoms with Crippen molar-refractivity contribution in [3.05, 3.63) is 110 Å². The molecule has 1 aliphatic heterocycles. The summed E-state index contributed by atoms with van der Waals surface area (Å²) in [5, 5.41) is 0. The van der Waals surface area contributed by atoms with Crippen molar-refractivity contribution >= 4 is 0 Å². The van der Waals surface area contributed by atoms with E-state index in [1.807, 2.05) is 52.0 Å². The van der Waals surface area contributed by atoms with Crippen LogP contribution in [-0.4, -0.2) is 19.3 Å². The molecule has 2 heteroatoms. The highest BCUT2D eigenvalue weighted by molar-refractivity contribution is 5.48. The lowest BCUT2D eigenvalue weighted by Gasteiger charge is -2.12. The van der Waals surface area contributed by atoms with Crippen LogP contribution in [0.1, 0.15) is 61.8 Å². The minimum Gasteiger partial charge on any atom is -0.491 e. The lowest BCUT2D eigenvalue weighted by molar-refractivity contribution is 0.194. The lowest BCUT2D eigenvalue weighted by Crippen LogP contribution is -2.00. The molecule has 1 saturated heterocycles. The van der Waals surface area contributed by atoms with Crippen molar-refractivity contribution in [3.63, 3.8) is 0 Å². The van der Waals surface area contributed by atoms with Crippen LogP contribution in [0.2, 0.25) is 0 Å². The summed E-state index contributed by atoms with van der Waals surface area (Å²) in [4.78, 5) is 0. The van der Waals surface area contributed by atoms with E-state index in [1.54, 1.807) is 30.4 Å². The second kappa shape index (κ2) is 24.1. The van der Waals surface area contributed by atoms with Crippen LogP contribution in [0.3, 0.4) is 0 Å². The van der Waals surface area contributed by atoms with Crippen LogP contribution in [0.5, 0.6) is 0 Å². The monoisotopic (exact) mass is 454 g/mol. The second-order valence-electron chi connectivity index (χ2n) is 7.96. The van der Waals surface area contributed by atoms with Gasteiger partial charge in [-0.25, -0.2) is 0 Å². The summed E-state index contributed by atoms with van der Waals surface area (Å²) in [6, 6.07) is 0. The molecular weight excluding hydrogens is 404 g/mol. The summed E-state index contributed by atoms with van der Waals surface area (Å²) in [6.07, 6.45) is 22.5. The largest absolute Gasteiger partial charge is 0.491 e. The molecule has 0 saturated carbocycles. The topological polar surface area (TPSA) is 21.8 Å². The van der Waals surface area contributed by atoms with Gasteiger partial charge in [-0.1, -0.05) is 135 Å². The highest BCUT2D eigenvalue weighted by Gasteiger charge is 2.22. The molecule has 1 unspecified atom stereocenters. The van der Waals surface area contributed by atoms with Gasteiger partial charge in [-0.15, -0.1) is 0 Å². The van der Waals surface area contributed by atoms with Gasteiger partial charge in [0.1, 0.15) is 18.5 Å². The zero-order valence-corrected chi connectivity index (χ0v) is 22.7. The van der Waals surface area contributed by atoms with Crippen LogP contribution in [-0.2, 0) is 9.47 Å². The summed E-state index contributed by atoms with van der Waals surface area (Å²) in [5.41, 5.74) is 2.82. The molecule has 0 aromatic heterocycles. The molecule has 186 valence electrons. The molecule has 33 heavy (non-hydrogen) atoms. The van der Waals surface area contributed by atoms with Crippen LogP contribution in [0.15, 0.2) is 110 Å². The number of epoxide rings is 1. The van der Waals surface area contributed by atoms with Gasteiger partial charge in [-0.3, -0.25) is 0 Å². The van der Waals surface area contributed by atoms with Crippen LogP contribution < -0.4 is 0 Å². The van der Waals surface area contributed by atoms with Gasteiger partial charge in [0.25, 0.3) is 0 Å². The van der Waals surface area contributed by atoms with Crippen LogP contribution >= 0.6 is 0 Å². The average Bonchev–Trinajstić information content (AvgIpc) is 3.62. The third-order valence-electron chi connectivity index (χ3n) is 3.96. The Hall–Kier alpha value is -2.58. The Morgan fingerprint density at radius 3 is 1.61 bits per heavy atom. The van der Waals surface area contributed by atoms with Gasteiger partial charge in [0.15, 0.2) is 0 Å². The molecule has 0 amide bonds. The molecule has 0 aliphatic carbocycles. The molecule has 1 fully saturated rings. The maximum absolute atomic E-state index is 5.21. The predicted molar refractivity (Wildman–Crippen MR) is 151 cm³/mol. The molecule has 1 heterocycles. The number of hydrogen-bond donors (Lipinski definition) is 0. The highest BCUT2D eigenvalue weighted by atomic mass is 16.6. The predicted octanol–water partition coefficient (Wildman–Crippen LogP) is 9.49. The molecule has 0 N–H and O–H groups in total. The van der Waals surface area contributed by atoms with E-state index in [-0.39, 0.29) is 0 Å². The zero-order chi connectivity index (χ0) is 26.1. The van der Waals surface area contributed by atoms with Crippen molar-refractivity contribution in [2.75, 3.05) is 13.2 Å². The van der Waals surface area contributed by atoms with Gasteiger partial charge >= 0.3 is 0 Å². The minimum atomic E-state index is 0.295. The Morgan fingerprint density at radius 2 is 1.33 bits per heavy atom. The molecule has 0 bridgehead atoms. The Labute approximate surface area is 206 Å². The average molecular weight is 455 g/mol. The van der Waals surface area contributed by atoms with Gasteiger partial charge in [-0.05, 0) is 36.5 Å². The number of rotatable bonds is 10. The van der Waals surface area contributed by atoms with Crippen molar-refractivity contribution in [2.24, 2.45) is 5.41 Å². The molecule has 2 nitrogen and oxygen atoms in total. The smallest absolute Gasteiger partial charge is 0.117 e. The number of hydrogen-bond acceptors (Lipinski definition) is 2. The van der Waals surface area contributed by atoms with E-state index in [0.29, 0.717) is 23.9 Å². The molecule has 1 rings (SSSR count). The normalized spacial score (nSPS) is 15.5. The van der Waals surface area contributed by atoms with Crippen molar-refractivity contribution in [1.29, 1.82) is 0 Å². The molecule has 0 spiro atoms. The van der Waals surface area contributed by atoms with Gasteiger partial charge < -0.3 is 9.47 Å². The van der Waals surface area contributed by atoms with Crippen molar-refractivity contribution in [1.82, 2.24) is 0 Å². The summed E-state index contributed by atoms with van der Waals surface area (Å²) in [7, 11) is 0. The minimum absolute atomic E-state index is 0.295. The Bertz CT molecular complexity index is 640. The maximum atomic E-state index is 5.21. The van der Waals surface area contributed by atoms with Gasteiger partial charge in [0.05, 0.1) is 6.61 Å². The van der Waals surface area contributed by atoms with E-state index in [9.17, 15) is 0 Å². The molecule has 1 aliphatic rings. The number of ether oxygens (including phenoxy) is 2. The van der Waals surface area contributed by atoms with Crippen molar-refractivity contribution < 1.29 is 9.47 Å². The van der Waals surface area contributed by atoms with Gasteiger partial charge in [-0.2, -0.15) is 0 Å². The molecule has 0 radical (unpaired) electrons. The molecule has 0 aromatic carbocycles. The fraction of sp³-hybridized carbons (Fsp3) is 0.419. The SMILES string of the molecule is C=C/C=C(\C=C/C)C(/C=C\C)=C/C=C.C=C/C=C\C(=C)OCC1CO1.CC.CCC(C)(C)C. The second-order valence-corrected chi connectivity index (χ2v) is 7.96. The third kappa shape index (κ3) is 27.4. The van der Waals surface area contributed by atoms with E-state index >= 15 is 0 Å². The first kappa shape index (κ1) is 35.0. The van der Waals surface area contributed by atoms with Crippen LogP contribution in [0.4, 0.5) is 0 Å². The summed E-state index contributed by atoms with van der Waals surface area (Å²) in [5.74, 6) is 0.653. The summed E-state index contributed by atoms with van der Waals surface area (Å²) >= 11 is 0. The summed E-state index contributed by atoms with van der Waals surface area (Å²) < 4.78 is 10.2. The first-order valence-electron chi connectivity index (χ1n) is 11.8. The van der Waals surface area contributed by atoms with E-state index in [0.717, 1.165) is 17.8 Å². The Morgan fingerprint density at radius 1 is 0.909 bits per heavy atom. The first-order chi connectivity index (χ1) is 15.7.